The predicted octanol–water partition coefficient (Wildman–Crippen LogP) is 2.54. The van der Waals surface area contributed by atoms with Crippen LogP contribution in [0.25, 0.3) is 11.2 Å². The third kappa shape index (κ3) is 2.59. The number of imidazole rings is 1. The molecule has 3 aromatic rings. The van der Waals surface area contributed by atoms with Gasteiger partial charge in [0.25, 0.3) is 0 Å². The molecule has 0 aliphatic heterocycles. The Balaban J connectivity index is 1.80. The lowest BCUT2D eigenvalue weighted by Gasteiger charge is -2.03. The van der Waals surface area contributed by atoms with Crippen LogP contribution in [0.4, 0.5) is 0 Å². The first kappa shape index (κ1) is 12.5. The van der Waals surface area contributed by atoms with Crippen LogP contribution in [0.5, 0.6) is 0 Å². The number of rotatable bonds is 4. The van der Waals surface area contributed by atoms with Crippen molar-refractivity contribution in [3.63, 3.8) is 0 Å². The number of aryl methyl sites for hydroxylation is 2. The molecule has 6 nitrogen and oxygen atoms in total. The van der Waals surface area contributed by atoms with Gasteiger partial charge < -0.3 is 9.55 Å². The first-order valence-corrected chi connectivity index (χ1v) is 7.02. The molecule has 19 heavy (non-hydrogen) atoms. The Morgan fingerprint density at radius 2 is 2.26 bits per heavy atom. The summed E-state index contributed by atoms with van der Waals surface area (Å²) in [5.41, 5.74) is 1.83. The number of nitrogens with zero attached hydrogens (tertiary/aromatic N) is 5. The van der Waals surface area contributed by atoms with Gasteiger partial charge in [-0.2, -0.15) is 0 Å². The normalized spacial score (nSPS) is 11.2. The Labute approximate surface area is 122 Å². The third-order valence-electron chi connectivity index (χ3n) is 2.82. The highest BCUT2D eigenvalue weighted by atomic mass is 79.9. The fraction of sp³-hybridized carbons (Fsp3) is 0.273. The van der Waals surface area contributed by atoms with E-state index < -0.39 is 0 Å². The number of nitrogens with one attached hydrogen (secondary N) is 1. The Hall–Kier alpha value is -1.54. The smallest absolute Gasteiger partial charge is 0.179 e. The van der Waals surface area contributed by atoms with Crippen LogP contribution < -0.4 is 0 Å². The Kier molecular flexibility index (Phi) is 3.43. The Bertz CT molecular complexity index is 744. The van der Waals surface area contributed by atoms with Crippen LogP contribution in [0, 0.1) is 4.77 Å². The monoisotopic (exact) mass is 338 g/mol. The summed E-state index contributed by atoms with van der Waals surface area (Å²) >= 11 is 8.73. The van der Waals surface area contributed by atoms with Crippen molar-refractivity contribution < 1.29 is 0 Å². The van der Waals surface area contributed by atoms with Crippen molar-refractivity contribution in [1.82, 2.24) is 29.5 Å². The van der Waals surface area contributed by atoms with Crippen LogP contribution in [0.3, 0.4) is 0 Å². The van der Waals surface area contributed by atoms with Crippen molar-refractivity contribution >= 4 is 39.3 Å². The van der Waals surface area contributed by atoms with E-state index in [9.17, 15) is 0 Å². The van der Waals surface area contributed by atoms with Crippen LogP contribution in [0.2, 0.25) is 0 Å². The standard InChI is InChI=1S/C11H11BrN6S/c12-8-6-9-10(13-7-8)18(11(19)15-9)4-1-3-17-5-2-14-16-17/h2,5-7H,1,3-4H2,(H,15,19). The molecule has 0 atom stereocenters. The number of fused-ring (bicyclic) bond motifs is 1. The lowest BCUT2D eigenvalue weighted by atomic mass is 10.4. The highest BCUT2D eigenvalue weighted by Gasteiger charge is 2.06. The van der Waals surface area contributed by atoms with Gasteiger partial charge in [-0.15, -0.1) is 5.10 Å². The topological polar surface area (TPSA) is 64.3 Å². The molecule has 0 aromatic carbocycles. The SMILES string of the molecule is S=c1[nH]c2cc(Br)cnc2n1CCCn1ccnn1. The summed E-state index contributed by atoms with van der Waals surface area (Å²) < 4.78 is 5.45. The Morgan fingerprint density at radius 1 is 1.37 bits per heavy atom. The van der Waals surface area contributed by atoms with Gasteiger partial charge in [-0.3, -0.25) is 4.68 Å². The van der Waals surface area contributed by atoms with Gasteiger partial charge in [0, 0.05) is 30.0 Å². The molecule has 3 heterocycles. The summed E-state index contributed by atoms with van der Waals surface area (Å²) in [7, 11) is 0. The Morgan fingerprint density at radius 3 is 3.05 bits per heavy atom. The molecule has 0 fully saturated rings. The van der Waals surface area contributed by atoms with Crippen LogP contribution in [-0.4, -0.2) is 29.5 Å². The third-order valence-corrected chi connectivity index (χ3v) is 3.57. The highest BCUT2D eigenvalue weighted by molar-refractivity contribution is 9.10. The second kappa shape index (κ2) is 5.22. The first-order valence-electron chi connectivity index (χ1n) is 5.82. The van der Waals surface area contributed by atoms with Gasteiger partial charge in [0.05, 0.1) is 11.7 Å². The van der Waals surface area contributed by atoms with E-state index in [4.69, 9.17) is 12.2 Å². The van der Waals surface area contributed by atoms with Crippen molar-refractivity contribution in [1.29, 1.82) is 0 Å². The van der Waals surface area contributed by atoms with Crippen LogP contribution in [0.15, 0.2) is 29.1 Å². The molecular weight excluding hydrogens is 328 g/mol. The van der Waals surface area contributed by atoms with E-state index in [2.05, 4.69) is 36.2 Å². The van der Waals surface area contributed by atoms with E-state index >= 15 is 0 Å². The minimum Gasteiger partial charge on any atom is -0.329 e. The van der Waals surface area contributed by atoms with Crippen LogP contribution in [-0.2, 0) is 13.1 Å². The van der Waals surface area contributed by atoms with Crippen molar-refractivity contribution in [2.45, 2.75) is 19.5 Å². The zero-order valence-corrected chi connectivity index (χ0v) is 12.4. The molecule has 0 saturated carbocycles. The molecule has 0 radical (unpaired) electrons. The molecule has 3 aromatic heterocycles. The van der Waals surface area contributed by atoms with Gasteiger partial charge >= 0.3 is 0 Å². The summed E-state index contributed by atoms with van der Waals surface area (Å²) in [6, 6.07) is 1.98. The van der Waals surface area contributed by atoms with Gasteiger partial charge in [0.15, 0.2) is 10.4 Å². The number of hydrogen-bond donors (Lipinski definition) is 1. The maximum absolute atomic E-state index is 5.33. The molecule has 0 unspecified atom stereocenters. The second-order valence-corrected chi connectivity index (χ2v) is 5.43. The number of hydrogen-bond acceptors (Lipinski definition) is 4. The molecule has 8 heteroatoms. The van der Waals surface area contributed by atoms with E-state index in [-0.39, 0.29) is 0 Å². The number of aromatic amines is 1. The number of pyridine rings is 1. The largest absolute Gasteiger partial charge is 0.329 e. The summed E-state index contributed by atoms with van der Waals surface area (Å²) in [6.45, 7) is 1.61. The second-order valence-electron chi connectivity index (χ2n) is 4.13. The van der Waals surface area contributed by atoms with Crippen molar-refractivity contribution in [3.05, 3.63) is 33.9 Å². The van der Waals surface area contributed by atoms with Crippen LogP contribution in [0.1, 0.15) is 6.42 Å². The van der Waals surface area contributed by atoms with Crippen LogP contribution >= 0.6 is 28.1 Å². The van der Waals surface area contributed by atoms with Gasteiger partial charge in [0.2, 0.25) is 0 Å². The van der Waals surface area contributed by atoms with E-state index in [0.717, 1.165) is 35.1 Å². The zero-order valence-electron chi connectivity index (χ0n) is 9.95. The zero-order chi connectivity index (χ0) is 13.2. The minimum absolute atomic E-state index is 0.694. The quantitative estimate of drug-likeness (QED) is 0.742. The summed E-state index contributed by atoms with van der Waals surface area (Å²) in [5.74, 6) is 0. The molecule has 0 spiro atoms. The van der Waals surface area contributed by atoms with Gasteiger partial charge in [0.1, 0.15) is 0 Å². The van der Waals surface area contributed by atoms with Crippen molar-refractivity contribution in [2.24, 2.45) is 0 Å². The van der Waals surface area contributed by atoms with E-state index in [0.29, 0.717) is 4.77 Å². The molecule has 0 amide bonds. The molecule has 98 valence electrons. The summed E-state index contributed by atoms with van der Waals surface area (Å²) in [4.78, 5) is 7.56. The lowest BCUT2D eigenvalue weighted by molar-refractivity contribution is 0.516. The van der Waals surface area contributed by atoms with Crippen molar-refractivity contribution in [2.75, 3.05) is 0 Å². The predicted molar refractivity (Wildman–Crippen MR) is 77.3 cm³/mol. The number of H-pyrrole nitrogens is 1. The fourth-order valence-electron chi connectivity index (χ4n) is 1.97. The van der Waals surface area contributed by atoms with E-state index in [1.165, 1.54) is 0 Å². The van der Waals surface area contributed by atoms with E-state index in [1.54, 1.807) is 12.4 Å². The van der Waals surface area contributed by atoms with E-state index in [1.807, 2.05) is 21.5 Å². The maximum atomic E-state index is 5.33. The van der Waals surface area contributed by atoms with Gasteiger partial charge in [-0.1, -0.05) is 5.21 Å². The number of aromatic nitrogens is 6. The molecule has 0 saturated heterocycles. The molecule has 1 N–H and O–H groups in total. The average molecular weight is 339 g/mol. The van der Waals surface area contributed by atoms with Crippen molar-refractivity contribution in [3.8, 4) is 0 Å². The number of halogens is 1. The average Bonchev–Trinajstić information content (AvgIpc) is 2.98. The summed E-state index contributed by atoms with van der Waals surface area (Å²) in [5, 5.41) is 7.71. The highest BCUT2D eigenvalue weighted by Crippen LogP contribution is 2.17. The molecule has 0 aliphatic rings. The van der Waals surface area contributed by atoms with Gasteiger partial charge in [-0.25, -0.2) is 4.98 Å². The molecule has 0 aliphatic carbocycles. The molecule has 0 bridgehead atoms. The minimum atomic E-state index is 0.694. The molecule has 3 rings (SSSR count). The first-order chi connectivity index (χ1) is 9.24. The fourth-order valence-corrected chi connectivity index (χ4v) is 2.59. The summed E-state index contributed by atoms with van der Waals surface area (Å²) in [6.07, 6.45) is 6.22. The maximum Gasteiger partial charge on any atom is 0.179 e. The lowest BCUT2D eigenvalue weighted by Crippen LogP contribution is -2.05. The molecular formula is C11H11BrN6S. The van der Waals surface area contributed by atoms with Gasteiger partial charge in [-0.05, 0) is 40.6 Å².